The van der Waals surface area contributed by atoms with Crippen molar-refractivity contribution in [2.75, 3.05) is 12.5 Å². The largest absolute Gasteiger partial charge is 0.496 e. The summed E-state index contributed by atoms with van der Waals surface area (Å²) >= 11 is 0. The molecular formula is C13H16N4O. The first-order valence-electron chi connectivity index (χ1n) is 5.66. The number of nitrogens with two attached hydrogens (primary N) is 1. The van der Waals surface area contributed by atoms with Gasteiger partial charge >= 0.3 is 0 Å². The third-order valence-electron chi connectivity index (χ3n) is 2.59. The monoisotopic (exact) mass is 244 g/mol. The molecule has 1 aromatic heterocycles. The van der Waals surface area contributed by atoms with Crippen molar-refractivity contribution in [2.45, 2.75) is 13.3 Å². The molecule has 2 rings (SSSR count). The van der Waals surface area contributed by atoms with E-state index in [1.165, 1.54) is 0 Å². The number of hydrogen-bond acceptors (Lipinski definition) is 5. The minimum absolute atomic E-state index is 0.611. The van der Waals surface area contributed by atoms with Crippen LogP contribution in [-0.4, -0.2) is 17.1 Å². The molecule has 0 bridgehead atoms. The SMILES string of the molecule is COc1ccccc1Cc1nc(C)cc(NN)n1. The molecule has 5 nitrogen and oxygen atoms in total. The van der Waals surface area contributed by atoms with Crippen LogP contribution in [0.2, 0.25) is 0 Å². The quantitative estimate of drug-likeness (QED) is 0.632. The molecule has 0 amide bonds. The van der Waals surface area contributed by atoms with Crippen LogP contribution in [0.15, 0.2) is 30.3 Å². The minimum atomic E-state index is 0.611. The number of methoxy groups -OCH3 is 1. The Morgan fingerprint density at radius 3 is 2.78 bits per heavy atom. The summed E-state index contributed by atoms with van der Waals surface area (Å²) in [4.78, 5) is 8.71. The summed E-state index contributed by atoms with van der Waals surface area (Å²) in [7, 11) is 1.66. The molecule has 18 heavy (non-hydrogen) atoms. The summed E-state index contributed by atoms with van der Waals surface area (Å²) in [5.41, 5.74) is 4.47. The summed E-state index contributed by atoms with van der Waals surface area (Å²) in [5.74, 6) is 7.54. The fraction of sp³-hybridized carbons (Fsp3) is 0.231. The molecule has 0 unspecified atom stereocenters. The van der Waals surface area contributed by atoms with Crippen LogP contribution in [0, 0.1) is 6.92 Å². The van der Waals surface area contributed by atoms with E-state index in [1.54, 1.807) is 13.2 Å². The number of aryl methyl sites for hydroxylation is 1. The topological polar surface area (TPSA) is 73.1 Å². The smallest absolute Gasteiger partial charge is 0.143 e. The van der Waals surface area contributed by atoms with Gasteiger partial charge in [-0.3, -0.25) is 0 Å². The second-order valence-corrected chi connectivity index (χ2v) is 3.94. The van der Waals surface area contributed by atoms with Gasteiger partial charge in [0.05, 0.1) is 7.11 Å². The number of benzene rings is 1. The summed E-state index contributed by atoms with van der Waals surface area (Å²) in [6, 6.07) is 9.63. The van der Waals surface area contributed by atoms with Crippen LogP contribution in [0.4, 0.5) is 5.82 Å². The number of para-hydroxylation sites is 1. The van der Waals surface area contributed by atoms with Gasteiger partial charge in [0.15, 0.2) is 0 Å². The van der Waals surface area contributed by atoms with Crippen LogP contribution in [0.3, 0.4) is 0 Å². The summed E-state index contributed by atoms with van der Waals surface area (Å²) < 4.78 is 5.31. The van der Waals surface area contributed by atoms with Gasteiger partial charge in [0, 0.05) is 23.7 Å². The van der Waals surface area contributed by atoms with E-state index in [4.69, 9.17) is 10.6 Å². The second-order valence-electron chi connectivity index (χ2n) is 3.94. The lowest BCUT2D eigenvalue weighted by atomic mass is 10.1. The summed E-state index contributed by atoms with van der Waals surface area (Å²) in [6.07, 6.45) is 0.611. The molecule has 94 valence electrons. The number of aromatic nitrogens is 2. The molecule has 0 saturated heterocycles. The lowest BCUT2D eigenvalue weighted by molar-refractivity contribution is 0.410. The zero-order chi connectivity index (χ0) is 13.0. The minimum Gasteiger partial charge on any atom is -0.496 e. The Labute approximate surface area is 106 Å². The molecule has 0 fully saturated rings. The number of nitrogens with zero attached hydrogens (tertiary/aromatic N) is 2. The van der Waals surface area contributed by atoms with Crippen molar-refractivity contribution >= 4 is 5.82 Å². The highest BCUT2D eigenvalue weighted by atomic mass is 16.5. The Morgan fingerprint density at radius 2 is 2.06 bits per heavy atom. The zero-order valence-corrected chi connectivity index (χ0v) is 10.5. The van der Waals surface area contributed by atoms with Gasteiger partial charge in [0.2, 0.25) is 0 Å². The Hall–Kier alpha value is -2.14. The first kappa shape index (κ1) is 12.3. The van der Waals surface area contributed by atoms with Crippen molar-refractivity contribution in [2.24, 2.45) is 5.84 Å². The molecule has 2 aromatic rings. The Morgan fingerprint density at radius 1 is 1.28 bits per heavy atom. The molecule has 0 aliphatic rings. The molecule has 5 heteroatoms. The number of hydrogen-bond donors (Lipinski definition) is 2. The van der Waals surface area contributed by atoms with E-state index in [0.717, 1.165) is 17.0 Å². The Balaban J connectivity index is 2.30. The fourth-order valence-electron chi connectivity index (χ4n) is 1.80. The van der Waals surface area contributed by atoms with E-state index in [9.17, 15) is 0 Å². The van der Waals surface area contributed by atoms with Crippen LogP contribution in [-0.2, 0) is 6.42 Å². The highest BCUT2D eigenvalue weighted by Gasteiger charge is 2.07. The van der Waals surface area contributed by atoms with E-state index in [1.807, 2.05) is 31.2 Å². The highest BCUT2D eigenvalue weighted by Crippen LogP contribution is 2.20. The number of rotatable bonds is 4. The predicted molar refractivity (Wildman–Crippen MR) is 70.4 cm³/mol. The molecule has 0 aliphatic carbocycles. The van der Waals surface area contributed by atoms with Crippen LogP contribution in [0.5, 0.6) is 5.75 Å². The van der Waals surface area contributed by atoms with Crippen molar-refractivity contribution < 1.29 is 4.74 Å². The summed E-state index contributed by atoms with van der Waals surface area (Å²) in [6.45, 7) is 1.91. The number of hydrazine groups is 1. The molecule has 0 spiro atoms. The molecule has 1 aromatic carbocycles. The van der Waals surface area contributed by atoms with Gasteiger partial charge in [0.1, 0.15) is 17.4 Å². The molecule has 0 saturated carbocycles. The van der Waals surface area contributed by atoms with Gasteiger partial charge in [0.25, 0.3) is 0 Å². The molecule has 0 aliphatic heterocycles. The van der Waals surface area contributed by atoms with Crippen molar-refractivity contribution in [3.05, 3.63) is 47.4 Å². The normalized spacial score (nSPS) is 10.2. The maximum absolute atomic E-state index is 5.37. The van der Waals surface area contributed by atoms with Gasteiger partial charge in [-0.2, -0.15) is 0 Å². The van der Waals surface area contributed by atoms with Crippen molar-refractivity contribution in [3.63, 3.8) is 0 Å². The van der Waals surface area contributed by atoms with E-state index >= 15 is 0 Å². The standard InChI is InChI=1S/C13H16N4O/c1-9-7-13(17-14)16-12(15-9)8-10-5-3-4-6-11(10)18-2/h3-7H,8,14H2,1-2H3,(H,15,16,17). The zero-order valence-electron chi connectivity index (χ0n) is 10.5. The number of nitrogen functional groups attached to an aromatic ring is 1. The van der Waals surface area contributed by atoms with Crippen LogP contribution in [0.25, 0.3) is 0 Å². The molecule has 0 atom stereocenters. The Bertz CT molecular complexity index is 542. The third-order valence-corrected chi connectivity index (χ3v) is 2.59. The first-order chi connectivity index (χ1) is 8.72. The van der Waals surface area contributed by atoms with E-state index in [-0.39, 0.29) is 0 Å². The number of anilines is 1. The van der Waals surface area contributed by atoms with Gasteiger partial charge < -0.3 is 10.2 Å². The average Bonchev–Trinajstić information content (AvgIpc) is 2.38. The van der Waals surface area contributed by atoms with Gasteiger partial charge in [-0.05, 0) is 13.0 Å². The van der Waals surface area contributed by atoms with Gasteiger partial charge in [-0.25, -0.2) is 15.8 Å². The molecule has 0 radical (unpaired) electrons. The average molecular weight is 244 g/mol. The third kappa shape index (κ3) is 2.75. The van der Waals surface area contributed by atoms with Gasteiger partial charge in [-0.1, -0.05) is 18.2 Å². The lowest BCUT2D eigenvalue weighted by Gasteiger charge is -2.08. The maximum Gasteiger partial charge on any atom is 0.143 e. The predicted octanol–water partition coefficient (Wildman–Crippen LogP) is 1.67. The maximum atomic E-state index is 5.37. The Kier molecular flexibility index (Phi) is 3.74. The van der Waals surface area contributed by atoms with Crippen molar-refractivity contribution in [3.8, 4) is 5.75 Å². The number of ether oxygens (including phenoxy) is 1. The summed E-state index contributed by atoms with van der Waals surface area (Å²) in [5, 5.41) is 0. The van der Waals surface area contributed by atoms with E-state index < -0.39 is 0 Å². The van der Waals surface area contributed by atoms with E-state index in [2.05, 4.69) is 15.4 Å². The van der Waals surface area contributed by atoms with Gasteiger partial charge in [-0.15, -0.1) is 0 Å². The second kappa shape index (κ2) is 5.46. The van der Waals surface area contributed by atoms with Crippen molar-refractivity contribution in [1.29, 1.82) is 0 Å². The van der Waals surface area contributed by atoms with Crippen molar-refractivity contribution in [1.82, 2.24) is 9.97 Å². The molecule has 3 N–H and O–H groups in total. The lowest BCUT2D eigenvalue weighted by Crippen LogP contribution is -2.11. The fourth-order valence-corrected chi connectivity index (χ4v) is 1.80. The van der Waals surface area contributed by atoms with E-state index in [0.29, 0.717) is 18.1 Å². The highest BCUT2D eigenvalue weighted by molar-refractivity contribution is 5.38. The first-order valence-corrected chi connectivity index (χ1v) is 5.66. The van der Waals surface area contributed by atoms with Crippen LogP contribution < -0.4 is 16.0 Å². The molecular weight excluding hydrogens is 228 g/mol. The number of nitrogens with one attached hydrogen (secondary N) is 1. The van der Waals surface area contributed by atoms with Crippen LogP contribution in [0.1, 0.15) is 17.1 Å². The van der Waals surface area contributed by atoms with Crippen LogP contribution >= 0.6 is 0 Å². The molecule has 1 heterocycles.